The molecule has 1 aliphatic heterocycles. The number of hydrogen-bond acceptors (Lipinski definition) is 7. The van der Waals surface area contributed by atoms with Gasteiger partial charge in [-0.05, 0) is 6.07 Å². The number of rotatable bonds is 8. The molecule has 0 aliphatic carbocycles. The number of benzene rings is 1. The first-order valence-electron chi connectivity index (χ1n) is 7.55. The number of aliphatic hydroxyl groups excluding tert-OH is 1. The summed E-state index contributed by atoms with van der Waals surface area (Å²) in [4.78, 5) is 15.0. The fourth-order valence-corrected chi connectivity index (χ4v) is 2.29. The van der Waals surface area contributed by atoms with E-state index in [0.29, 0.717) is 24.5 Å². The minimum absolute atomic E-state index is 0.0891. The average Bonchev–Trinajstić information content (AvgIpc) is 2.49. The molecule has 0 bridgehead atoms. The van der Waals surface area contributed by atoms with Crippen LogP contribution in [0.5, 0.6) is 11.5 Å². The maximum absolute atomic E-state index is 10.4. The highest BCUT2D eigenvalue weighted by molar-refractivity contribution is 5.48. The highest BCUT2D eigenvalue weighted by atomic mass is 17.0. The van der Waals surface area contributed by atoms with Gasteiger partial charge in [0.2, 0.25) is 0 Å². The first-order chi connectivity index (χ1) is 11.0. The van der Waals surface area contributed by atoms with Crippen LogP contribution >= 0.6 is 0 Å². The van der Waals surface area contributed by atoms with E-state index in [2.05, 4.69) is 10.2 Å². The molecule has 1 heterocycles. The Morgan fingerprint density at radius 2 is 2.30 bits per heavy atom. The van der Waals surface area contributed by atoms with Gasteiger partial charge in [-0.15, -0.1) is 10.1 Å². The van der Waals surface area contributed by atoms with E-state index in [1.807, 2.05) is 19.9 Å². The molecule has 0 spiro atoms. The molecule has 0 fully saturated rings. The van der Waals surface area contributed by atoms with Crippen LogP contribution in [0.1, 0.15) is 19.4 Å². The lowest BCUT2D eigenvalue weighted by Crippen LogP contribution is -2.35. The van der Waals surface area contributed by atoms with Gasteiger partial charge in [-0.1, -0.05) is 26.0 Å². The topological polar surface area (TPSA) is 103 Å². The molecule has 1 aromatic rings. The Kier molecular flexibility index (Phi) is 6.00. The summed E-state index contributed by atoms with van der Waals surface area (Å²) in [5, 5.41) is 22.6. The van der Waals surface area contributed by atoms with Crippen LogP contribution in [0.25, 0.3) is 0 Å². The predicted molar refractivity (Wildman–Crippen MR) is 82.1 cm³/mol. The van der Waals surface area contributed by atoms with Crippen molar-refractivity contribution < 1.29 is 24.5 Å². The number of nitrogens with one attached hydrogen (secondary N) is 1. The molecular weight excluding hydrogens is 304 g/mol. The zero-order valence-electron chi connectivity index (χ0n) is 13.2. The second-order valence-corrected chi connectivity index (χ2v) is 5.74. The van der Waals surface area contributed by atoms with Crippen LogP contribution < -0.4 is 14.8 Å². The summed E-state index contributed by atoms with van der Waals surface area (Å²) in [6.07, 6.45) is -0.874. The highest BCUT2D eigenvalue weighted by Gasteiger charge is 2.25. The summed E-state index contributed by atoms with van der Waals surface area (Å²) in [6, 6.07) is 5.63. The first kappa shape index (κ1) is 17.3. The van der Waals surface area contributed by atoms with Crippen molar-refractivity contribution in [3.63, 3.8) is 0 Å². The molecule has 8 heteroatoms. The van der Waals surface area contributed by atoms with E-state index < -0.39 is 17.3 Å². The average molecular weight is 326 g/mol. The van der Waals surface area contributed by atoms with Gasteiger partial charge >= 0.3 is 0 Å². The Balaban J connectivity index is 1.93. The summed E-state index contributed by atoms with van der Waals surface area (Å²) >= 11 is 0. The van der Waals surface area contributed by atoms with Gasteiger partial charge in [-0.3, -0.25) is 0 Å². The van der Waals surface area contributed by atoms with E-state index in [9.17, 15) is 15.2 Å². The fraction of sp³-hybridized carbons (Fsp3) is 0.600. The fourth-order valence-electron chi connectivity index (χ4n) is 2.29. The molecule has 128 valence electrons. The summed E-state index contributed by atoms with van der Waals surface area (Å²) in [5.74, 6) is 1.07. The highest BCUT2D eigenvalue weighted by Crippen LogP contribution is 2.35. The molecular formula is C15H22N2O6. The van der Waals surface area contributed by atoms with Crippen LogP contribution in [0.2, 0.25) is 0 Å². The number of hydrogen-bond donors (Lipinski definition) is 2. The van der Waals surface area contributed by atoms with Gasteiger partial charge in [0.1, 0.15) is 25.4 Å². The molecule has 0 saturated heterocycles. The molecule has 1 aromatic carbocycles. The molecule has 0 amide bonds. The first-order valence-corrected chi connectivity index (χ1v) is 7.55. The van der Waals surface area contributed by atoms with Crippen molar-refractivity contribution in [1.82, 2.24) is 5.32 Å². The Bertz CT molecular complexity index is 537. The zero-order valence-corrected chi connectivity index (χ0v) is 13.2. The Hall–Kier alpha value is -2.06. The zero-order chi connectivity index (χ0) is 16.8. The molecule has 8 nitrogen and oxygen atoms in total. The van der Waals surface area contributed by atoms with Crippen molar-refractivity contribution in [2.75, 3.05) is 19.8 Å². The van der Waals surface area contributed by atoms with E-state index in [1.165, 1.54) is 0 Å². The summed E-state index contributed by atoms with van der Waals surface area (Å²) < 4.78 is 11.2. The molecule has 2 rings (SSSR count). The number of para-hydroxylation sites is 1. The van der Waals surface area contributed by atoms with Gasteiger partial charge in [0.15, 0.2) is 11.5 Å². The van der Waals surface area contributed by atoms with Gasteiger partial charge in [-0.2, -0.15) is 0 Å². The molecule has 0 aromatic heterocycles. The second kappa shape index (κ2) is 7.98. The molecule has 23 heavy (non-hydrogen) atoms. The third-order valence-electron chi connectivity index (χ3n) is 3.35. The van der Waals surface area contributed by atoms with Crippen LogP contribution in [0, 0.1) is 10.1 Å². The van der Waals surface area contributed by atoms with Crippen LogP contribution in [-0.4, -0.2) is 48.2 Å². The summed E-state index contributed by atoms with van der Waals surface area (Å²) in [6.45, 7) is 4.66. The number of fused-ring (bicyclic) bond motifs is 1. The summed E-state index contributed by atoms with van der Waals surface area (Å²) in [7, 11) is 0. The second-order valence-electron chi connectivity index (χ2n) is 5.74. The van der Waals surface area contributed by atoms with E-state index >= 15 is 0 Å². The molecule has 0 saturated carbocycles. The maximum Gasteiger partial charge on any atom is 0.294 e. The minimum atomic E-state index is -0.808. The Labute approximate surface area is 134 Å². The predicted octanol–water partition coefficient (Wildman–Crippen LogP) is 0.936. The Morgan fingerprint density at radius 1 is 1.52 bits per heavy atom. The van der Waals surface area contributed by atoms with Crippen LogP contribution in [-0.2, 0) is 11.3 Å². The number of aliphatic hydroxyl groups is 1. The van der Waals surface area contributed by atoms with E-state index in [4.69, 9.17) is 9.47 Å². The van der Waals surface area contributed by atoms with Gasteiger partial charge in [0.05, 0.1) is 0 Å². The van der Waals surface area contributed by atoms with Gasteiger partial charge in [-0.25, -0.2) is 0 Å². The molecule has 2 N–H and O–H groups in total. The maximum atomic E-state index is 10.4. The van der Waals surface area contributed by atoms with Crippen molar-refractivity contribution in [2.24, 2.45) is 0 Å². The smallest absolute Gasteiger partial charge is 0.294 e. The van der Waals surface area contributed by atoms with Crippen LogP contribution in [0.15, 0.2) is 18.2 Å². The standard InChI is InChI=1S/C15H22N2O6/c1-10(2)16-7-12(18)8-21-14-5-3-4-11-6-13(23-17(19)20)9-22-15(11)14/h3-5,10,12-13,16,18H,6-9H2,1-2H3/t12-,13-/m1/s1. The number of nitrogens with zero attached hydrogens (tertiary/aromatic N) is 1. The van der Waals surface area contributed by atoms with Crippen molar-refractivity contribution >= 4 is 0 Å². The van der Waals surface area contributed by atoms with Crippen LogP contribution in [0.4, 0.5) is 0 Å². The number of ether oxygens (including phenoxy) is 2. The van der Waals surface area contributed by atoms with Crippen molar-refractivity contribution in [3.8, 4) is 11.5 Å². The van der Waals surface area contributed by atoms with Gasteiger partial charge < -0.3 is 24.7 Å². The lowest BCUT2D eigenvalue weighted by molar-refractivity contribution is -0.769. The molecule has 0 unspecified atom stereocenters. The summed E-state index contributed by atoms with van der Waals surface area (Å²) in [5.41, 5.74) is 0.787. The third-order valence-corrected chi connectivity index (χ3v) is 3.35. The monoisotopic (exact) mass is 326 g/mol. The molecule has 2 atom stereocenters. The van der Waals surface area contributed by atoms with E-state index in [0.717, 1.165) is 5.56 Å². The minimum Gasteiger partial charge on any atom is -0.487 e. The van der Waals surface area contributed by atoms with Crippen molar-refractivity contribution in [2.45, 2.75) is 38.5 Å². The van der Waals surface area contributed by atoms with E-state index in [1.54, 1.807) is 12.1 Å². The van der Waals surface area contributed by atoms with Crippen molar-refractivity contribution in [1.29, 1.82) is 0 Å². The normalized spacial score (nSPS) is 18.0. The molecule has 0 radical (unpaired) electrons. The van der Waals surface area contributed by atoms with Crippen molar-refractivity contribution in [3.05, 3.63) is 33.9 Å². The van der Waals surface area contributed by atoms with Gasteiger partial charge in [0, 0.05) is 24.6 Å². The molecule has 1 aliphatic rings. The van der Waals surface area contributed by atoms with Gasteiger partial charge in [0.25, 0.3) is 5.09 Å². The SMILES string of the molecule is CC(C)NC[C@@H](O)COc1cccc2c1OC[C@H](O[N+](=O)[O-])C2. The Morgan fingerprint density at radius 3 is 3.00 bits per heavy atom. The quantitative estimate of drug-likeness (QED) is 0.541. The van der Waals surface area contributed by atoms with Crippen LogP contribution in [0.3, 0.4) is 0 Å². The third kappa shape index (κ3) is 5.26. The van der Waals surface area contributed by atoms with E-state index in [-0.39, 0.29) is 19.3 Å². The lowest BCUT2D eigenvalue weighted by atomic mass is 10.0. The lowest BCUT2D eigenvalue weighted by Gasteiger charge is -2.25. The largest absolute Gasteiger partial charge is 0.487 e.